The van der Waals surface area contributed by atoms with Crippen LogP contribution in [0.25, 0.3) is 0 Å². The Hall–Kier alpha value is -3.10. The molecule has 6 nitrogen and oxygen atoms in total. The fourth-order valence-corrected chi connectivity index (χ4v) is 4.34. The van der Waals surface area contributed by atoms with Gasteiger partial charge in [0.25, 0.3) is 5.91 Å². The molecule has 0 radical (unpaired) electrons. The summed E-state index contributed by atoms with van der Waals surface area (Å²) in [5.41, 5.74) is 5.85. The lowest BCUT2D eigenvalue weighted by atomic mass is 10.1. The van der Waals surface area contributed by atoms with Crippen LogP contribution in [0, 0.1) is 6.92 Å². The molecule has 3 aromatic rings. The van der Waals surface area contributed by atoms with Gasteiger partial charge in [-0.05, 0) is 58.7 Å². The molecule has 0 aliphatic carbocycles. The van der Waals surface area contributed by atoms with Crippen LogP contribution in [0.4, 0.5) is 0 Å². The normalized spacial score (nSPS) is 10.7. The molecule has 1 N–H and O–H groups in total. The Morgan fingerprint density at radius 2 is 1.82 bits per heavy atom. The molecule has 0 aliphatic rings. The molecule has 0 heterocycles. The molecule has 3 rings (SSSR count). The van der Waals surface area contributed by atoms with E-state index in [-0.39, 0.29) is 5.91 Å². The summed E-state index contributed by atoms with van der Waals surface area (Å²) >= 11 is 7.03. The van der Waals surface area contributed by atoms with Crippen molar-refractivity contribution in [3.05, 3.63) is 98.5 Å². The molecule has 0 aromatic heterocycles. The zero-order chi connectivity index (χ0) is 24.5. The molecule has 0 atom stereocenters. The molecule has 0 saturated heterocycles. The summed E-state index contributed by atoms with van der Waals surface area (Å²) < 4.78 is 18.5. The molecule has 0 saturated carbocycles. The van der Waals surface area contributed by atoms with Crippen LogP contribution in [0.5, 0.6) is 17.2 Å². The van der Waals surface area contributed by atoms with Gasteiger partial charge in [-0.2, -0.15) is 5.10 Å². The van der Waals surface area contributed by atoms with Crippen LogP contribution in [0.15, 0.2) is 81.3 Å². The number of nitrogens with zero attached hydrogens (tertiary/aromatic N) is 1. The van der Waals surface area contributed by atoms with Gasteiger partial charge in [0.15, 0.2) is 11.5 Å². The van der Waals surface area contributed by atoms with Crippen LogP contribution in [0.2, 0.25) is 0 Å². The largest absolute Gasteiger partial charge is 0.493 e. The number of carbonyl (C=O) groups is 1. The first kappa shape index (κ1) is 25.5. The third kappa shape index (κ3) is 6.95. The molecule has 34 heavy (non-hydrogen) atoms. The van der Waals surface area contributed by atoms with Gasteiger partial charge in [0.1, 0.15) is 19.0 Å². The van der Waals surface area contributed by atoms with Gasteiger partial charge in [-0.3, -0.25) is 4.79 Å². The number of ether oxygens (including phenoxy) is 3. The summed E-state index contributed by atoms with van der Waals surface area (Å²) in [6.07, 6.45) is 3.17. The Bertz CT molecular complexity index is 1190. The molecule has 0 bridgehead atoms. The number of halogens is 2. The zero-order valence-corrected chi connectivity index (χ0v) is 22.0. The van der Waals surface area contributed by atoms with E-state index >= 15 is 0 Å². The highest BCUT2D eigenvalue weighted by atomic mass is 79.9. The number of rotatable bonds is 10. The number of hydrazone groups is 1. The molecule has 0 aliphatic heterocycles. The molecule has 1 amide bonds. The number of methoxy groups -OCH3 is 1. The van der Waals surface area contributed by atoms with E-state index in [0.29, 0.717) is 41.6 Å². The SMILES string of the molecule is C=CCOc1ccc(C(=O)N/N=C/c2cc(Br)cc(Br)c2OCc2ccc(C)cc2)cc1OC. The average molecular weight is 588 g/mol. The minimum atomic E-state index is -0.388. The number of carbonyl (C=O) groups excluding carboxylic acids is 1. The third-order valence-corrected chi connectivity index (χ3v) is 5.74. The average Bonchev–Trinajstić information content (AvgIpc) is 2.83. The molecule has 8 heteroatoms. The maximum absolute atomic E-state index is 12.6. The lowest BCUT2D eigenvalue weighted by molar-refractivity contribution is 0.0954. The van der Waals surface area contributed by atoms with Crippen molar-refractivity contribution in [2.75, 3.05) is 13.7 Å². The van der Waals surface area contributed by atoms with Crippen molar-refractivity contribution in [3.63, 3.8) is 0 Å². The molecule has 0 spiro atoms. The fourth-order valence-electron chi connectivity index (χ4n) is 2.97. The predicted molar refractivity (Wildman–Crippen MR) is 141 cm³/mol. The molecular weight excluding hydrogens is 564 g/mol. The lowest BCUT2D eigenvalue weighted by Gasteiger charge is -2.12. The van der Waals surface area contributed by atoms with E-state index < -0.39 is 0 Å². The Morgan fingerprint density at radius 1 is 1.06 bits per heavy atom. The van der Waals surface area contributed by atoms with E-state index in [1.165, 1.54) is 18.9 Å². The van der Waals surface area contributed by atoms with Crippen molar-refractivity contribution in [3.8, 4) is 17.2 Å². The second-order valence-corrected chi connectivity index (χ2v) is 9.01. The van der Waals surface area contributed by atoms with Crippen molar-refractivity contribution >= 4 is 44.0 Å². The summed E-state index contributed by atoms with van der Waals surface area (Å²) in [6, 6.07) is 16.8. The van der Waals surface area contributed by atoms with Crippen molar-refractivity contribution in [1.82, 2.24) is 5.43 Å². The Balaban J connectivity index is 1.72. The van der Waals surface area contributed by atoms with Crippen LogP contribution in [0.1, 0.15) is 27.0 Å². The standard InChI is InChI=1S/C26H24Br2N2O4/c1-4-11-33-23-10-9-19(13-24(23)32-3)26(31)30-29-15-20-12-21(27)14-22(28)25(20)34-16-18-7-5-17(2)6-8-18/h4-10,12-15H,1,11,16H2,2-3H3,(H,30,31)/b29-15+. The second kappa shape index (κ2) is 12.4. The highest BCUT2D eigenvalue weighted by molar-refractivity contribution is 9.11. The topological polar surface area (TPSA) is 69.2 Å². The number of amides is 1. The molecule has 0 unspecified atom stereocenters. The van der Waals surface area contributed by atoms with Crippen molar-refractivity contribution < 1.29 is 19.0 Å². The lowest BCUT2D eigenvalue weighted by Crippen LogP contribution is -2.17. The highest BCUT2D eigenvalue weighted by Crippen LogP contribution is 2.33. The fraction of sp³-hybridized carbons (Fsp3) is 0.154. The highest BCUT2D eigenvalue weighted by Gasteiger charge is 2.12. The van der Waals surface area contributed by atoms with Gasteiger partial charge in [-0.1, -0.05) is 58.4 Å². The second-order valence-electron chi connectivity index (χ2n) is 7.24. The summed E-state index contributed by atoms with van der Waals surface area (Å²) in [6.45, 7) is 6.40. The van der Waals surface area contributed by atoms with Gasteiger partial charge in [-0.25, -0.2) is 5.43 Å². The summed E-state index contributed by atoms with van der Waals surface area (Å²) in [7, 11) is 1.51. The summed E-state index contributed by atoms with van der Waals surface area (Å²) in [5, 5.41) is 4.12. The van der Waals surface area contributed by atoms with Crippen molar-refractivity contribution in [2.45, 2.75) is 13.5 Å². The number of nitrogens with one attached hydrogen (secondary N) is 1. The third-order valence-electron chi connectivity index (χ3n) is 4.69. The van der Waals surface area contributed by atoms with E-state index in [9.17, 15) is 4.79 Å². The Labute approximate surface area is 215 Å². The number of hydrogen-bond donors (Lipinski definition) is 1. The van der Waals surface area contributed by atoms with E-state index in [4.69, 9.17) is 14.2 Å². The van der Waals surface area contributed by atoms with Crippen LogP contribution in [-0.2, 0) is 6.61 Å². The van der Waals surface area contributed by atoms with Gasteiger partial charge < -0.3 is 14.2 Å². The number of aryl methyl sites for hydroxylation is 1. The van der Waals surface area contributed by atoms with Gasteiger partial charge in [-0.15, -0.1) is 0 Å². The number of benzene rings is 3. The zero-order valence-electron chi connectivity index (χ0n) is 18.8. The predicted octanol–water partition coefficient (Wildman–Crippen LogP) is 6.44. The van der Waals surface area contributed by atoms with Crippen LogP contribution in [-0.4, -0.2) is 25.8 Å². The Kier molecular flexibility index (Phi) is 9.30. The van der Waals surface area contributed by atoms with Crippen LogP contribution >= 0.6 is 31.9 Å². The van der Waals surface area contributed by atoms with Gasteiger partial charge in [0, 0.05) is 15.6 Å². The van der Waals surface area contributed by atoms with E-state index in [2.05, 4.69) is 49.0 Å². The minimum Gasteiger partial charge on any atom is -0.493 e. The van der Waals surface area contributed by atoms with Crippen LogP contribution in [0.3, 0.4) is 0 Å². The van der Waals surface area contributed by atoms with Crippen molar-refractivity contribution in [1.29, 1.82) is 0 Å². The van der Waals surface area contributed by atoms with Crippen molar-refractivity contribution in [2.24, 2.45) is 5.10 Å². The molecule has 0 fully saturated rings. The summed E-state index contributed by atoms with van der Waals surface area (Å²) in [4.78, 5) is 12.6. The van der Waals surface area contributed by atoms with E-state index in [0.717, 1.165) is 14.5 Å². The monoisotopic (exact) mass is 586 g/mol. The maximum atomic E-state index is 12.6. The maximum Gasteiger partial charge on any atom is 0.271 e. The molecule has 176 valence electrons. The quantitative estimate of drug-likeness (QED) is 0.168. The first-order valence-corrected chi connectivity index (χ1v) is 11.9. The van der Waals surface area contributed by atoms with E-state index in [1.54, 1.807) is 24.3 Å². The first-order valence-electron chi connectivity index (χ1n) is 10.3. The number of hydrogen-bond acceptors (Lipinski definition) is 5. The summed E-state index contributed by atoms with van der Waals surface area (Å²) in [5.74, 6) is 1.20. The molecular formula is C26H24Br2N2O4. The van der Waals surface area contributed by atoms with Gasteiger partial charge in [0.2, 0.25) is 0 Å². The Morgan fingerprint density at radius 3 is 2.53 bits per heavy atom. The molecule has 3 aromatic carbocycles. The van der Waals surface area contributed by atoms with Crippen LogP contribution < -0.4 is 19.6 Å². The van der Waals surface area contributed by atoms with Gasteiger partial charge in [0.05, 0.1) is 17.8 Å². The minimum absolute atomic E-state index is 0.336. The smallest absolute Gasteiger partial charge is 0.271 e. The first-order chi connectivity index (χ1) is 16.4. The van der Waals surface area contributed by atoms with Gasteiger partial charge >= 0.3 is 0 Å². The van der Waals surface area contributed by atoms with E-state index in [1.807, 2.05) is 43.3 Å².